The molecular weight excluding hydrogens is 273 g/mol. The zero-order valence-electron chi connectivity index (χ0n) is 11.6. The summed E-state index contributed by atoms with van der Waals surface area (Å²) >= 11 is 0. The van der Waals surface area contributed by atoms with Crippen LogP contribution in [0.25, 0.3) is 0 Å². The molecule has 1 aromatic rings. The third-order valence-electron chi connectivity index (χ3n) is 3.71. The van der Waals surface area contributed by atoms with Gasteiger partial charge in [0.2, 0.25) is 5.91 Å². The number of carboxylic acids is 1. The van der Waals surface area contributed by atoms with Crippen molar-refractivity contribution in [3.63, 3.8) is 0 Å². The number of carbonyl (C=O) groups excluding carboxylic acids is 1. The van der Waals surface area contributed by atoms with Gasteiger partial charge < -0.3 is 10.4 Å². The van der Waals surface area contributed by atoms with Crippen LogP contribution >= 0.6 is 0 Å². The number of amides is 1. The molecule has 1 aliphatic rings. The van der Waals surface area contributed by atoms with E-state index in [9.17, 15) is 14.0 Å². The van der Waals surface area contributed by atoms with Crippen molar-refractivity contribution in [2.75, 3.05) is 6.54 Å². The van der Waals surface area contributed by atoms with Crippen LogP contribution in [0.2, 0.25) is 0 Å². The van der Waals surface area contributed by atoms with Crippen molar-refractivity contribution in [1.82, 2.24) is 5.32 Å². The van der Waals surface area contributed by atoms with Crippen LogP contribution < -0.4 is 5.32 Å². The molecule has 2 rings (SSSR count). The number of carbonyl (C=O) groups is 2. The van der Waals surface area contributed by atoms with Crippen molar-refractivity contribution < 1.29 is 19.1 Å². The first-order valence-electron chi connectivity index (χ1n) is 6.98. The number of hydrogen-bond acceptors (Lipinski definition) is 2. The molecule has 5 heteroatoms. The molecule has 1 amide bonds. The summed E-state index contributed by atoms with van der Waals surface area (Å²) in [4.78, 5) is 23.2. The highest BCUT2D eigenvalue weighted by atomic mass is 19.1. The third kappa shape index (κ3) is 4.15. The quantitative estimate of drug-likeness (QED) is 0.817. The largest absolute Gasteiger partial charge is 0.481 e. The van der Waals surface area contributed by atoms with Gasteiger partial charge in [0.25, 0.3) is 0 Å². The van der Waals surface area contributed by atoms with Crippen molar-refractivity contribution in [2.24, 2.45) is 11.8 Å². The topological polar surface area (TPSA) is 66.4 Å². The molecule has 0 fully saturated rings. The molecule has 0 radical (unpaired) electrons. The third-order valence-corrected chi connectivity index (χ3v) is 3.71. The van der Waals surface area contributed by atoms with E-state index in [1.165, 1.54) is 12.1 Å². The van der Waals surface area contributed by atoms with Gasteiger partial charge in [-0.25, -0.2) is 4.39 Å². The predicted molar refractivity (Wildman–Crippen MR) is 76.1 cm³/mol. The summed E-state index contributed by atoms with van der Waals surface area (Å²) in [5.41, 5.74) is 0.926. The lowest BCUT2D eigenvalue weighted by molar-refractivity contribution is -0.147. The van der Waals surface area contributed by atoms with E-state index in [2.05, 4.69) is 5.32 Å². The van der Waals surface area contributed by atoms with Gasteiger partial charge in [0.15, 0.2) is 0 Å². The predicted octanol–water partition coefficient (Wildman–Crippen LogP) is 2.15. The van der Waals surface area contributed by atoms with Gasteiger partial charge in [-0.2, -0.15) is 0 Å². The minimum Gasteiger partial charge on any atom is -0.481 e. The number of hydrogen-bond donors (Lipinski definition) is 2. The molecule has 0 saturated carbocycles. The fourth-order valence-corrected chi connectivity index (χ4v) is 2.49. The fraction of sp³-hybridized carbons (Fsp3) is 0.375. The molecule has 0 aromatic heterocycles. The van der Waals surface area contributed by atoms with Crippen molar-refractivity contribution in [1.29, 1.82) is 0 Å². The van der Waals surface area contributed by atoms with Gasteiger partial charge >= 0.3 is 5.97 Å². The number of aliphatic carboxylic acids is 1. The SMILES string of the molecule is O=C(O)C1CC=CCC1C(=O)NCCc1ccc(F)cc1. The summed E-state index contributed by atoms with van der Waals surface area (Å²) in [7, 11) is 0. The van der Waals surface area contributed by atoms with Crippen LogP contribution in [-0.2, 0) is 16.0 Å². The van der Waals surface area contributed by atoms with Crippen molar-refractivity contribution >= 4 is 11.9 Å². The monoisotopic (exact) mass is 291 g/mol. The molecule has 21 heavy (non-hydrogen) atoms. The van der Waals surface area contributed by atoms with E-state index in [0.29, 0.717) is 25.8 Å². The maximum absolute atomic E-state index is 12.8. The Labute approximate surface area is 122 Å². The minimum absolute atomic E-state index is 0.228. The van der Waals surface area contributed by atoms with E-state index in [0.717, 1.165) is 5.56 Å². The Morgan fingerprint density at radius 1 is 1.14 bits per heavy atom. The van der Waals surface area contributed by atoms with Gasteiger partial charge in [-0.05, 0) is 37.0 Å². The summed E-state index contributed by atoms with van der Waals surface area (Å²) in [5.74, 6) is -2.62. The molecule has 2 atom stereocenters. The molecule has 0 aliphatic heterocycles. The lowest BCUT2D eigenvalue weighted by Crippen LogP contribution is -2.39. The Kier molecular flexibility index (Phi) is 5.09. The highest BCUT2D eigenvalue weighted by Gasteiger charge is 2.33. The Morgan fingerprint density at radius 2 is 1.76 bits per heavy atom. The first-order chi connectivity index (χ1) is 10.1. The number of benzene rings is 1. The van der Waals surface area contributed by atoms with E-state index in [1.807, 2.05) is 6.08 Å². The number of halogens is 1. The summed E-state index contributed by atoms with van der Waals surface area (Å²) < 4.78 is 12.8. The fourth-order valence-electron chi connectivity index (χ4n) is 2.49. The zero-order valence-corrected chi connectivity index (χ0v) is 11.6. The normalized spacial score (nSPS) is 21.0. The Bertz CT molecular complexity index is 539. The maximum atomic E-state index is 12.8. The van der Waals surface area contributed by atoms with Crippen LogP contribution in [0.1, 0.15) is 18.4 Å². The lowest BCUT2D eigenvalue weighted by Gasteiger charge is -2.24. The van der Waals surface area contributed by atoms with Crippen LogP contribution in [0.4, 0.5) is 4.39 Å². The second kappa shape index (κ2) is 7.02. The smallest absolute Gasteiger partial charge is 0.307 e. The molecule has 112 valence electrons. The second-order valence-corrected chi connectivity index (χ2v) is 5.16. The maximum Gasteiger partial charge on any atom is 0.307 e. The Hall–Kier alpha value is -2.17. The van der Waals surface area contributed by atoms with Crippen LogP contribution in [0, 0.1) is 17.7 Å². The molecule has 2 unspecified atom stereocenters. The molecule has 2 N–H and O–H groups in total. The number of rotatable bonds is 5. The van der Waals surface area contributed by atoms with Gasteiger partial charge in [-0.1, -0.05) is 24.3 Å². The van der Waals surface area contributed by atoms with Crippen LogP contribution in [-0.4, -0.2) is 23.5 Å². The lowest BCUT2D eigenvalue weighted by atomic mass is 9.82. The summed E-state index contributed by atoms with van der Waals surface area (Å²) in [5, 5.41) is 11.9. The standard InChI is InChI=1S/C16H18FNO3/c17-12-7-5-11(6-8-12)9-10-18-15(19)13-3-1-2-4-14(13)16(20)21/h1-2,5-8,13-14H,3-4,9-10H2,(H,18,19)(H,20,21). The molecule has 1 aliphatic carbocycles. The van der Waals surface area contributed by atoms with E-state index in [-0.39, 0.29) is 11.7 Å². The Balaban J connectivity index is 1.85. The van der Waals surface area contributed by atoms with E-state index in [1.54, 1.807) is 18.2 Å². The van der Waals surface area contributed by atoms with Crippen molar-refractivity contribution in [3.05, 3.63) is 47.8 Å². The number of carboxylic acid groups (broad SMARTS) is 1. The van der Waals surface area contributed by atoms with Crippen LogP contribution in [0.15, 0.2) is 36.4 Å². The summed E-state index contributed by atoms with van der Waals surface area (Å²) in [6.45, 7) is 0.414. The average Bonchev–Trinajstić information content (AvgIpc) is 2.49. The van der Waals surface area contributed by atoms with Crippen molar-refractivity contribution in [3.8, 4) is 0 Å². The van der Waals surface area contributed by atoms with Gasteiger partial charge in [0.1, 0.15) is 5.82 Å². The molecular formula is C16H18FNO3. The van der Waals surface area contributed by atoms with Gasteiger partial charge in [-0.3, -0.25) is 9.59 Å². The van der Waals surface area contributed by atoms with Crippen LogP contribution in [0.3, 0.4) is 0 Å². The molecule has 1 aromatic carbocycles. The van der Waals surface area contributed by atoms with Gasteiger partial charge in [0.05, 0.1) is 11.8 Å². The highest BCUT2D eigenvalue weighted by Crippen LogP contribution is 2.25. The first kappa shape index (κ1) is 15.2. The highest BCUT2D eigenvalue weighted by molar-refractivity contribution is 5.85. The minimum atomic E-state index is -0.932. The van der Waals surface area contributed by atoms with Crippen LogP contribution in [0.5, 0.6) is 0 Å². The zero-order chi connectivity index (χ0) is 15.2. The van der Waals surface area contributed by atoms with Crippen molar-refractivity contribution in [2.45, 2.75) is 19.3 Å². The molecule has 0 heterocycles. The van der Waals surface area contributed by atoms with Gasteiger partial charge in [-0.15, -0.1) is 0 Å². The summed E-state index contributed by atoms with van der Waals surface area (Å²) in [6.07, 6.45) is 5.10. The first-order valence-corrected chi connectivity index (χ1v) is 6.98. The van der Waals surface area contributed by atoms with E-state index in [4.69, 9.17) is 5.11 Å². The molecule has 0 saturated heterocycles. The average molecular weight is 291 g/mol. The molecule has 0 bridgehead atoms. The molecule has 4 nitrogen and oxygen atoms in total. The number of allylic oxidation sites excluding steroid dienone is 2. The van der Waals surface area contributed by atoms with Gasteiger partial charge in [0, 0.05) is 6.54 Å². The molecule has 0 spiro atoms. The summed E-state index contributed by atoms with van der Waals surface area (Å²) in [6, 6.07) is 6.10. The second-order valence-electron chi connectivity index (χ2n) is 5.16. The Morgan fingerprint density at radius 3 is 2.38 bits per heavy atom. The number of nitrogens with one attached hydrogen (secondary N) is 1. The van der Waals surface area contributed by atoms with E-state index < -0.39 is 17.8 Å². The van der Waals surface area contributed by atoms with E-state index >= 15 is 0 Å².